The zero-order valence-electron chi connectivity index (χ0n) is 12.9. The first-order chi connectivity index (χ1) is 10.6. The highest BCUT2D eigenvalue weighted by molar-refractivity contribution is 7.18. The Labute approximate surface area is 134 Å². The quantitative estimate of drug-likeness (QED) is 0.909. The molecule has 22 heavy (non-hydrogen) atoms. The summed E-state index contributed by atoms with van der Waals surface area (Å²) in [5.74, 6) is 0.434. The van der Waals surface area contributed by atoms with Gasteiger partial charge in [0.15, 0.2) is 0 Å². The van der Waals surface area contributed by atoms with E-state index in [1.807, 2.05) is 18.2 Å². The van der Waals surface area contributed by atoms with Gasteiger partial charge in [0.05, 0.1) is 28.4 Å². The zero-order chi connectivity index (χ0) is 15.5. The summed E-state index contributed by atoms with van der Waals surface area (Å²) in [6.45, 7) is 6.40. The molecule has 0 radical (unpaired) electrons. The zero-order valence-corrected chi connectivity index (χ0v) is 13.7. The van der Waals surface area contributed by atoms with Gasteiger partial charge in [-0.05, 0) is 18.2 Å². The lowest BCUT2D eigenvalue weighted by molar-refractivity contribution is -0.117. The smallest absolute Gasteiger partial charge is 0.226 e. The molecule has 118 valence electrons. The fourth-order valence-electron chi connectivity index (χ4n) is 2.45. The summed E-state index contributed by atoms with van der Waals surface area (Å²) < 4.78 is 6.48. The first-order valence-corrected chi connectivity index (χ1v) is 8.45. The van der Waals surface area contributed by atoms with Crippen molar-refractivity contribution in [3.8, 4) is 0 Å². The number of ether oxygens (including phenoxy) is 1. The van der Waals surface area contributed by atoms with Crippen LogP contribution in [0.1, 0.15) is 31.2 Å². The Morgan fingerprint density at radius 1 is 1.55 bits per heavy atom. The topological polar surface area (TPSA) is 63.2 Å². The summed E-state index contributed by atoms with van der Waals surface area (Å²) in [6, 6.07) is 5.99. The molecule has 0 spiro atoms. The van der Waals surface area contributed by atoms with Crippen LogP contribution in [0.4, 0.5) is 5.69 Å². The van der Waals surface area contributed by atoms with Crippen molar-refractivity contribution in [2.75, 3.05) is 25.1 Å². The maximum absolute atomic E-state index is 12.1. The number of aromatic nitrogens is 1. The van der Waals surface area contributed by atoms with Crippen LogP contribution in [-0.4, -0.2) is 36.7 Å². The number of carbonyl (C=O) groups is 1. The van der Waals surface area contributed by atoms with Gasteiger partial charge in [0.25, 0.3) is 0 Å². The number of nitrogens with one attached hydrogen (secondary N) is 2. The average Bonchev–Trinajstić information content (AvgIpc) is 2.91. The lowest BCUT2D eigenvalue weighted by atomic mass is 10.2. The van der Waals surface area contributed by atoms with Crippen molar-refractivity contribution in [3.05, 3.63) is 23.2 Å². The number of anilines is 1. The van der Waals surface area contributed by atoms with Crippen molar-refractivity contribution in [3.63, 3.8) is 0 Å². The molecular formula is C16H21N3O2S. The summed E-state index contributed by atoms with van der Waals surface area (Å²) >= 11 is 1.69. The predicted octanol–water partition coefficient (Wildman–Crippen LogP) is 2.74. The first kappa shape index (κ1) is 15.4. The second-order valence-corrected chi connectivity index (χ2v) is 6.93. The molecule has 0 aliphatic carbocycles. The number of thiazole rings is 1. The summed E-state index contributed by atoms with van der Waals surface area (Å²) in [5, 5.41) is 7.38. The van der Waals surface area contributed by atoms with Crippen molar-refractivity contribution < 1.29 is 9.53 Å². The summed E-state index contributed by atoms with van der Waals surface area (Å²) in [6.07, 6.45) is 0.429. The number of morpholine rings is 1. The third kappa shape index (κ3) is 3.63. The van der Waals surface area contributed by atoms with E-state index in [0.29, 0.717) is 18.9 Å². The molecule has 2 aromatic rings. The van der Waals surface area contributed by atoms with E-state index < -0.39 is 0 Å². The summed E-state index contributed by atoms with van der Waals surface area (Å²) in [4.78, 5) is 16.7. The van der Waals surface area contributed by atoms with E-state index in [4.69, 9.17) is 4.74 Å². The van der Waals surface area contributed by atoms with Crippen molar-refractivity contribution in [2.24, 2.45) is 0 Å². The molecule has 1 aromatic carbocycles. The number of amides is 1. The standard InChI is InChI=1S/C16H21N3O2S/c1-10(2)16-19-13-4-3-11(7-14(13)22-16)18-15(20)8-12-9-21-6-5-17-12/h3-4,7,10,12,17H,5-6,8-9H2,1-2H3,(H,18,20). The Morgan fingerprint density at radius 3 is 3.14 bits per heavy atom. The molecule has 1 aliphatic heterocycles. The van der Waals surface area contributed by atoms with Gasteiger partial charge in [-0.3, -0.25) is 4.79 Å². The fourth-order valence-corrected chi connectivity index (χ4v) is 3.46. The van der Waals surface area contributed by atoms with Crippen LogP contribution in [0.2, 0.25) is 0 Å². The SMILES string of the molecule is CC(C)c1nc2ccc(NC(=O)CC3COCCN3)cc2s1. The van der Waals surface area contributed by atoms with Crippen LogP contribution >= 0.6 is 11.3 Å². The maximum atomic E-state index is 12.1. The van der Waals surface area contributed by atoms with E-state index in [1.54, 1.807) is 11.3 Å². The van der Waals surface area contributed by atoms with E-state index in [2.05, 4.69) is 29.5 Å². The van der Waals surface area contributed by atoms with E-state index >= 15 is 0 Å². The van der Waals surface area contributed by atoms with Crippen molar-refractivity contribution in [2.45, 2.75) is 32.2 Å². The number of hydrogen-bond acceptors (Lipinski definition) is 5. The molecule has 5 nitrogen and oxygen atoms in total. The highest BCUT2D eigenvalue weighted by Crippen LogP contribution is 2.29. The van der Waals surface area contributed by atoms with Crippen LogP contribution in [0.5, 0.6) is 0 Å². The molecule has 1 unspecified atom stereocenters. The molecule has 6 heteroatoms. The Hall–Kier alpha value is -1.50. The Balaban J connectivity index is 1.66. The lowest BCUT2D eigenvalue weighted by Gasteiger charge is -2.23. The maximum Gasteiger partial charge on any atom is 0.226 e. The number of carbonyl (C=O) groups excluding carboxylic acids is 1. The second-order valence-electron chi connectivity index (χ2n) is 5.87. The largest absolute Gasteiger partial charge is 0.378 e. The molecule has 3 rings (SSSR count). The number of benzene rings is 1. The second kappa shape index (κ2) is 6.73. The fraction of sp³-hybridized carbons (Fsp3) is 0.500. The third-order valence-corrected chi connectivity index (χ3v) is 4.93. The molecule has 1 aromatic heterocycles. The summed E-state index contributed by atoms with van der Waals surface area (Å²) in [7, 11) is 0. The molecule has 1 fully saturated rings. The predicted molar refractivity (Wildman–Crippen MR) is 89.6 cm³/mol. The van der Waals surface area contributed by atoms with Gasteiger partial charge in [0.1, 0.15) is 0 Å². The summed E-state index contributed by atoms with van der Waals surface area (Å²) in [5.41, 5.74) is 1.82. The van der Waals surface area contributed by atoms with Gasteiger partial charge >= 0.3 is 0 Å². The van der Waals surface area contributed by atoms with Crippen LogP contribution in [0.15, 0.2) is 18.2 Å². The molecule has 0 bridgehead atoms. The highest BCUT2D eigenvalue weighted by Gasteiger charge is 2.17. The van der Waals surface area contributed by atoms with Crippen LogP contribution in [0.3, 0.4) is 0 Å². The normalized spacial score (nSPS) is 18.8. The number of rotatable bonds is 4. The van der Waals surface area contributed by atoms with Crippen LogP contribution in [0.25, 0.3) is 10.2 Å². The molecule has 2 N–H and O–H groups in total. The number of nitrogens with zero attached hydrogens (tertiary/aromatic N) is 1. The minimum atomic E-state index is 0.0101. The monoisotopic (exact) mass is 319 g/mol. The van der Waals surface area contributed by atoms with Crippen LogP contribution in [-0.2, 0) is 9.53 Å². The molecule has 1 atom stereocenters. The molecule has 1 amide bonds. The Morgan fingerprint density at radius 2 is 2.41 bits per heavy atom. The Bertz CT molecular complexity index is 662. The number of hydrogen-bond donors (Lipinski definition) is 2. The van der Waals surface area contributed by atoms with Crippen molar-refractivity contribution >= 4 is 33.1 Å². The van der Waals surface area contributed by atoms with Gasteiger partial charge in [-0.2, -0.15) is 0 Å². The van der Waals surface area contributed by atoms with Gasteiger partial charge in [-0.25, -0.2) is 4.98 Å². The van der Waals surface area contributed by atoms with E-state index in [9.17, 15) is 4.79 Å². The van der Waals surface area contributed by atoms with Gasteiger partial charge in [-0.15, -0.1) is 11.3 Å². The Kier molecular flexibility index (Phi) is 4.71. The van der Waals surface area contributed by atoms with Crippen LogP contribution < -0.4 is 10.6 Å². The van der Waals surface area contributed by atoms with E-state index in [0.717, 1.165) is 34.1 Å². The van der Waals surface area contributed by atoms with Gasteiger partial charge in [-0.1, -0.05) is 13.8 Å². The third-order valence-electron chi connectivity index (χ3n) is 3.61. The first-order valence-electron chi connectivity index (χ1n) is 7.63. The highest BCUT2D eigenvalue weighted by atomic mass is 32.1. The van der Waals surface area contributed by atoms with Crippen molar-refractivity contribution in [1.29, 1.82) is 0 Å². The average molecular weight is 319 g/mol. The molecular weight excluding hydrogens is 298 g/mol. The van der Waals surface area contributed by atoms with Crippen molar-refractivity contribution in [1.82, 2.24) is 10.3 Å². The molecule has 0 saturated carbocycles. The van der Waals surface area contributed by atoms with Gasteiger partial charge < -0.3 is 15.4 Å². The van der Waals surface area contributed by atoms with E-state index in [-0.39, 0.29) is 11.9 Å². The minimum absolute atomic E-state index is 0.0101. The van der Waals surface area contributed by atoms with Crippen LogP contribution in [0, 0.1) is 0 Å². The number of fused-ring (bicyclic) bond motifs is 1. The van der Waals surface area contributed by atoms with Gasteiger partial charge in [0, 0.05) is 30.6 Å². The van der Waals surface area contributed by atoms with Gasteiger partial charge in [0.2, 0.25) is 5.91 Å². The van der Waals surface area contributed by atoms with E-state index in [1.165, 1.54) is 0 Å². The molecule has 1 saturated heterocycles. The minimum Gasteiger partial charge on any atom is -0.378 e. The molecule has 1 aliphatic rings. The molecule has 2 heterocycles. The lowest BCUT2D eigenvalue weighted by Crippen LogP contribution is -2.43.